The van der Waals surface area contributed by atoms with Gasteiger partial charge in [-0.3, -0.25) is 25.5 Å². The first-order valence-corrected chi connectivity index (χ1v) is 8.14. The van der Waals surface area contributed by atoms with Crippen LogP contribution in [0.2, 0.25) is 5.02 Å². The van der Waals surface area contributed by atoms with E-state index in [1.807, 2.05) is 36.4 Å². The molecule has 1 heterocycles. The largest absolute Gasteiger partial charge is 0.287 e. The molecule has 2 amide bonds. The minimum atomic E-state index is -0.496. The van der Waals surface area contributed by atoms with E-state index in [4.69, 9.17) is 11.6 Å². The molecule has 0 unspecified atom stereocenters. The van der Waals surface area contributed by atoms with Crippen LogP contribution in [0.3, 0.4) is 0 Å². The van der Waals surface area contributed by atoms with Gasteiger partial charge in [-0.05, 0) is 29.8 Å². The third-order valence-corrected chi connectivity index (χ3v) is 3.70. The Morgan fingerprint density at radius 1 is 1.00 bits per heavy atom. The third-order valence-electron chi connectivity index (χ3n) is 3.47. The van der Waals surface area contributed by atoms with Crippen LogP contribution in [-0.2, 0) is 4.79 Å². The summed E-state index contributed by atoms with van der Waals surface area (Å²) in [5, 5.41) is 7.32. The fourth-order valence-corrected chi connectivity index (χ4v) is 2.40. The first-order chi connectivity index (χ1) is 12.6. The van der Waals surface area contributed by atoms with E-state index in [-0.39, 0.29) is 5.69 Å². The summed E-state index contributed by atoms with van der Waals surface area (Å²) in [4.78, 5) is 23.9. The molecule has 0 radical (unpaired) electrons. The predicted molar refractivity (Wildman–Crippen MR) is 100 cm³/mol. The molecule has 0 atom stereocenters. The van der Waals surface area contributed by atoms with Gasteiger partial charge in [-0.1, -0.05) is 54.1 Å². The minimum Gasteiger partial charge on any atom is -0.272 e. The molecule has 0 spiro atoms. The minimum absolute atomic E-state index is 0.239. The number of nitrogens with one attached hydrogen (secondary N) is 3. The Kier molecular flexibility index (Phi) is 5.46. The highest BCUT2D eigenvalue weighted by Crippen LogP contribution is 2.16. The summed E-state index contributed by atoms with van der Waals surface area (Å²) in [5.74, 6) is -0.967. The fourth-order valence-electron chi connectivity index (χ4n) is 2.20. The number of benzene rings is 2. The third kappa shape index (κ3) is 4.58. The van der Waals surface area contributed by atoms with Crippen LogP contribution in [0.4, 0.5) is 0 Å². The van der Waals surface area contributed by atoms with Gasteiger partial charge in [-0.2, -0.15) is 5.10 Å². The maximum Gasteiger partial charge on any atom is 0.287 e. The van der Waals surface area contributed by atoms with Crippen molar-refractivity contribution in [2.45, 2.75) is 0 Å². The second-order valence-corrected chi connectivity index (χ2v) is 5.80. The van der Waals surface area contributed by atoms with E-state index in [1.54, 1.807) is 30.3 Å². The lowest BCUT2D eigenvalue weighted by atomic mass is 10.1. The number of carbonyl (C=O) groups is 2. The van der Waals surface area contributed by atoms with E-state index >= 15 is 0 Å². The highest BCUT2D eigenvalue weighted by Gasteiger charge is 2.11. The molecule has 0 aliphatic rings. The van der Waals surface area contributed by atoms with Crippen molar-refractivity contribution < 1.29 is 9.59 Å². The van der Waals surface area contributed by atoms with Crippen LogP contribution in [0.1, 0.15) is 16.1 Å². The van der Waals surface area contributed by atoms with Gasteiger partial charge >= 0.3 is 0 Å². The zero-order valence-electron chi connectivity index (χ0n) is 13.6. The van der Waals surface area contributed by atoms with Crippen LogP contribution < -0.4 is 10.9 Å². The Balaban J connectivity index is 1.55. The summed E-state index contributed by atoms with van der Waals surface area (Å²) in [6.07, 6.45) is 2.89. The van der Waals surface area contributed by atoms with Gasteiger partial charge in [0.2, 0.25) is 0 Å². The van der Waals surface area contributed by atoms with E-state index in [2.05, 4.69) is 21.0 Å². The van der Waals surface area contributed by atoms with Crippen molar-refractivity contribution in [1.29, 1.82) is 0 Å². The molecule has 6 nitrogen and oxygen atoms in total. The highest BCUT2D eigenvalue weighted by atomic mass is 35.5. The van der Waals surface area contributed by atoms with Gasteiger partial charge in [0.05, 0.1) is 5.69 Å². The number of amides is 2. The molecule has 3 aromatic rings. The number of aromatic nitrogens is 2. The zero-order chi connectivity index (χ0) is 18.4. The van der Waals surface area contributed by atoms with E-state index in [0.717, 1.165) is 11.1 Å². The number of hydrogen-bond donors (Lipinski definition) is 3. The molecule has 7 heteroatoms. The van der Waals surface area contributed by atoms with Crippen LogP contribution >= 0.6 is 11.6 Å². The predicted octanol–water partition coefficient (Wildman–Crippen LogP) is 3.20. The van der Waals surface area contributed by atoms with Gasteiger partial charge in [0, 0.05) is 16.7 Å². The molecular weight excluding hydrogens is 352 g/mol. The summed E-state index contributed by atoms with van der Waals surface area (Å²) in [6, 6.07) is 18.1. The Bertz CT molecular complexity index is 951. The van der Waals surface area contributed by atoms with Crippen molar-refractivity contribution in [2.75, 3.05) is 0 Å². The van der Waals surface area contributed by atoms with Gasteiger partial charge in [-0.25, -0.2) is 0 Å². The molecule has 0 saturated heterocycles. The molecule has 26 heavy (non-hydrogen) atoms. The first kappa shape index (κ1) is 17.4. The second kappa shape index (κ2) is 8.13. The van der Waals surface area contributed by atoms with Crippen molar-refractivity contribution in [3.05, 3.63) is 83.0 Å². The van der Waals surface area contributed by atoms with Crippen molar-refractivity contribution in [1.82, 2.24) is 21.0 Å². The molecular formula is C19H15ClN4O2. The Hall–Kier alpha value is -3.38. The van der Waals surface area contributed by atoms with Crippen molar-refractivity contribution >= 4 is 29.5 Å². The van der Waals surface area contributed by atoms with Gasteiger partial charge < -0.3 is 0 Å². The number of carbonyl (C=O) groups excluding carboxylic acids is 2. The smallest absolute Gasteiger partial charge is 0.272 e. The van der Waals surface area contributed by atoms with Crippen LogP contribution in [0.5, 0.6) is 0 Å². The number of hydrogen-bond acceptors (Lipinski definition) is 3. The van der Waals surface area contributed by atoms with Crippen LogP contribution in [0.15, 0.2) is 66.7 Å². The summed E-state index contributed by atoms with van der Waals surface area (Å²) < 4.78 is 0. The molecule has 0 aliphatic carbocycles. The van der Waals surface area contributed by atoms with Crippen molar-refractivity contribution in [2.24, 2.45) is 0 Å². The highest BCUT2D eigenvalue weighted by molar-refractivity contribution is 6.30. The molecule has 1 aromatic heterocycles. The van der Waals surface area contributed by atoms with Crippen LogP contribution in [0.25, 0.3) is 17.3 Å². The molecule has 0 fully saturated rings. The monoisotopic (exact) mass is 366 g/mol. The number of H-pyrrole nitrogens is 1. The lowest BCUT2D eigenvalue weighted by Gasteiger charge is -2.03. The summed E-state index contributed by atoms with van der Waals surface area (Å²) in [5.41, 5.74) is 7.18. The topological polar surface area (TPSA) is 86.9 Å². The zero-order valence-corrected chi connectivity index (χ0v) is 14.3. The fraction of sp³-hybridized carbons (Fsp3) is 0. The Labute approximate surface area is 154 Å². The number of hydrazine groups is 1. The summed E-state index contributed by atoms with van der Waals surface area (Å²) in [7, 11) is 0. The molecule has 3 rings (SSSR count). The van der Waals surface area contributed by atoms with Crippen LogP contribution in [0, 0.1) is 0 Å². The van der Waals surface area contributed by atoms with Gasteiger partial charge in [0.25, 0.3) is 11.8 Å². The maximum atomic E-state index is 12.1. The lowest BCUT2D eigenvalue weighted by molar-refractivity contribution is -0.117. The molecule has 0 aliphatic heterocycles. The summed E-state index contributed by atoms with van der Waals surface area (Å²) >= 11 is 5.88. The quantitative estimate of drug-likeness (QED) is 0.489. The van der Waals surface area contributed by atoms with E-state index < -0.39 is 11.8 Å². The maximum absolute atomic E-state index is 12.1. The van der Waals surface area contributed by atoms with Gasteiger partial charge in [0.15, 0.2) is 0 Å². The first-order valence-electron chi connectivity index (χ1n) is 7.76. The molecule has 130 valence electrons. The summed E-state index contributed by atoms with van der Waals surface area (Å²) in [6.45, 7) is 0. The average Bonchev–Trinajstić information content (AvgIpc) is 3.15. The Morgan fingerprint density at radius 2 is 1.81 bits per heavy atom. The number of halogens is 1. The second-order valence-electron chi connectivity index (χ2n) is 5.36. The molecule has 3 N–H and O–H groups in total. The number of nitrogens with zero attached hydrogens (tertiary/aromatic N) is 1. The Morgan fingerprint density at radius 3 is 2.58 bits per heavy atom. The SMILES string of the molecule is O=C(/C=C/c1cccc(Cl)c1)NNC(=O)c1cc(-c2ccccc2)n[nH]1. The molecule has 0 bridgehead atoms. The van der Waals surface area contributed by atoms with Crippen molar-refractivity contribution in [3.8, 4) is 11.3 Å². The van der Waals surface area contributed by atoms with E-state index in [9.17, 15) is 9.59 Å². The standard InChI is InChI=1S/C19H15ClN4O2/c20-15-8-4-5-13(11-15)9-10-18(25)23-24-19(26)17-12-16(21-22-17)14-6-2-1-3-7-14/h1-12H,(H,21,22)(H,23,25)(H,24,26)/b10-9+. The normalized spacial score (nSPS) is 10.7. The van der Waals surface area contributed by atoms with Gasteiger partial charge in [0.1, 0.15) is 5.69 Å². The van der Waals surface area contributed by atoms with E-state index in [0.29, 0.717) is 10.7 Å². The average molecular weight is 367 g/mol. The molecule has 2 aromatic carbocycles. The number of aromatic amines is 1. The number of rotatable bonds is 4. The lowest BCUT2D eigenvalue weighted by Crippen LogP contribution is -2.40. The van der Waals surface area contributed by atoms with Crippen molar-refractivity contribution in [3.63, 3.8) is 0 Å². The van der Waals surface area contributed by atoms with E-state index in [1.165, 1.54) is 6.08 Å². The van der Waals surface area contributed by atoms with Gasteiger partial charge in [-0.15, -0.1) is 0 Å². The van der Waals surface area contributed by atoms with Crippen LogP contribution in [-0.4, -0.2) is 22.0 Å². The molecule has 0 saturated carbocycles.